The molecular weight excluding hydrogens is 398 g/mol. The first kappa shape index (κ1) is 27.8. The average Bonchev–Trinajstić information content (AvgIpc) is 3.25. The summed E-state index contributed by atoms with van der Waals surface area (Å²) in [5.74, 6) is 13.1. The Balaban J connectivity index is 2.09. The van der Waals surface area contributed by atoms with Crippen molar-refractivity contribution in [3.8, 4) is 11.8 Å². The summed E-state index contributed by atoms with van der Waals surface area (Å²) < 4.78 is 0. The molecule has 0 spiro atoms. The summed E-state index contributed by atoms with van der Waals surface area (Å²) in [5, 5.41) is 3.90. The molecule has 10 unspecified atom stereocenters. The number of allylic oxidation sites excluding steroid dienone is 3. The highest BCUT2D eigenvalue weighted by Crippen LogP contribution is 2.38. The molecule has 186 valence electrons. The summed E-state index contributed by atoms with van der Waals surface area (Å²) in [6.07, 6.45) is 14.4. The van der Waals surface area contributed by atoms with Gasteiger partial charge in [-0.3, -0.25) is 0 Å². The topological polar surface area (TPSA) is 12.0 Å². The largest absolute Gasteiger partial charge is 0.381 e. The van der Waals surface area contributed by atoms with Crippen LogP contribution in [0.15, 0.2) is 35.6 Å². The van der Waals surface area contributed by atoms with Crippen LogP contribution in [0, 0.1) is 65.1 Å². The molecule has 2 aliphatic rings. The van der Waals surface area contributed by atoms with Gasteiger partial charge in [0.2, 0.25) is 0 Å². The third-order valence-corrected chi connectivity index (χ3v) is 9.67. The maximum Gasteiger partial charge on any atom is 0.0554 e. The minimum atomic E-state index is 0.367. The molecule has 0 aromatic carbocycles. The highest BCUT2D eigenvalue weighted by atomic mass is 15.0. The minimum Gasteiger partial charge on any atom is -0.381 e. The minimum absolute atomic E-state index is 0.367. The first-order valence-electron chi connectivity index (χ1n) is 14.1. The van der Waals surface area contributed by atoms with Crippen molar-refractivity contribution in [2.75, 3.05) is 0 Å². The van der Waals surface area contributed by atoms with E-state index in [2.05, 4.69) is 111 Å². The molecule has 0 saturated heterocycles. The molecule has 0 amide bonds. The lowest BCUT2D eigenvalue weighted by Crippen LogP contribution is -2.33. The SMILES string of the molecule is CCC(C)C(C)C(C)C(C#CC1=CC2NC(C(CC)C(C)C(C)C(C)CC)=CC2C=C1)CC. The van der Waals surface area contributed by atoms with Crippen molar-refractivity contribution >= 4 is 0 Å². The number of fused-ring (bicyclic) bond motifs is 1. The standard InChI is InChI=1S/C32H53N/c1-11-21(5)23(7)25(9)28(13-3)17-15-27-16-18-29-20-32(33-31(29)19-27)30(14-4)26(10)24(8)22(6)12-2/h16,18-26,28-31,33H,11-14H2,1-10H3. The van der Waals surface area contributed by atoms with Crippen LogP contribution in [-0.2, 0) is 0 Å². The number of nitrogens with one attached hydrogen (secondary N) is 1. The van der Waals surface area contributed by atoms with Gasteiger partial charge in [-0.05, 0) is 54.4 Å². The first-order chi connectivity index (χ1) is 15.7. The molecule has 1 aliphatic carbocycles. The van der Waals surface area contributed by atoms with Gasteiger partial charge in [0, 0.05) is 29.0 Å². The third-order valence-electron chi connectivity index (χ3n) is 9.67. The van der Waals surface area contributed by atoms with Crippen LogP contribution in [-0.4, -0.2) is 6.04 Å². The van der Waals surface area contributed by atoms with Crippen LogP contribution in [0.3, 0.4) is 0 Å². The fourth-order valence-corrected chi connectivity index (χ4v) is 5.92. The second-order valence-electron chi connectivity index (χ2n) is 11.4. The van der Waals surface area contributed by atoms with Crippen LogP contribution in [0.4, 0.5) is 0 Å². The van der Waals surface area contributed by atoms with E-state index < -0.39 is 0 Å². The Hall–Kier alpha value is -1.42. The smallest absolute Gasteiger partial charge is 0.0554 e. The molecule has 0 aromatic heterocycles. The van der Waals surface area contributed by atoms with Gasteiger partial charge in [0.25, 0.3) is 0 Å². The van der Waals surface area contributed by atoms with E-state index in [9.17, 15) is 0 Å². The fraction of sp³-hybridized carbons (Fsp3) is 0.750. The lowest BCUT2D eigenvalue weighted by Gasteiger charge is -2.33. The summed E-state index contributed by atoms with van der Waals surface area (Å²) in [5.41, 5.74) is 2.65. The zero-order valence-corrected chi connectivity index (χ0v) is 23.4. The van der Waals surface area contributed by atoms with Gasteiger partial charge in [0.15, 0.2) is 0 Å². The second-order valence-corrected chi connectivity index (χ2v) is 11.4. The monoisotopic (exact) mass is 451 g/mol. The average molecular weight is 452 g/mol. The van der Waals surface area contributed by atoms with E-state index >= 15 is 0 Å². The molecule has 1 heteroatoms. The van der Waals surface area contributed by atoms with Gasteiger partial charge in [-0.15, -0.1) is 0 Å². The Bertz CT molecular complexity index is 759. The van der Waals surface area contributed by atoms with Crippen molar-refractivity contribution in [3.05, 3.63) is 35.6 Å². The first-order valence-corrected chi connectivity index (χ1v) is 14.1. The van der Waals surface area contributed by atoms with Gasteiger partial charge in [-0.1, -0.05) is 112 Å². The quantitative estimate of drug-likeness (QED) is 0.310. The van der Waals surface area contributed by atoms with Gasteiger partial charge >= 0.3 is 0 Å². The molecule has 0 saturated carbocycles. The molecule has 1 N–H and O–H groups in total. The molecule has 0 aromatic rings. The van der Waals surface area contributed by atoms with Crippen molar-refractivity contribution in [1.29, 1.82) is 0 Å². The van der Waals surface area contributed by atoms with Gasteiger partial charge in [0.05, 0.1) is 6.04 Å². The Morgan fingerprint density at radius 2 is 1.36 bits per heavy atom. The zero-order valence-electron chi connectivity index (χ0n) is 23.4. The van der Waals surface area contributed by atoms with Crippen LogP contribution in [0.25, 0.3) is 0 Å². The lowest BCUT2D eigenvalue weighted by molar-refractivity contribution is 0.209. The Morgan fingerprint density at radius 1 is 0.758 bits per heavy atom. The summed E-state index contributed by atoms with van der Waals surface area (Å²) in [6, 6.07) is 0.367. The van der Waals surface area contributed by atoms with Crippen LogP contribution >= 0.6 is 0 Å². The summed E-state index contributed by atoms with van der Waals surface area (Å²) in [7, 11) is 0. The molecule has 33 heavy (non-hydrogen) atoms. The maximum absolute atomic E-state index is 3.90. The van der Waals surface area contributed by atoms with Crippen LogP contribution in [0.1, 0.15) is 94.9 Å². The molecule has 2 rings (SSSR count). The Labute approximate surface area is 207 Å². The number of rotatable bonds is 11. The highest BCUT2D eigenvalue weighted by molar-refractivity contribution is 5.45. The van der Waals surface area contributed by atoms with Crippen LogP contribution in [0.2, 0.25) is 0 Å². The second kappa shape index (κ2) is 12.9. The van der Waals surface area contributed by atoms with E-state index in [0.29, 0.717) is 41.5 Å². The molecule has 0 fully saturated rings. The zero-order chi connectivity index (χ0) is 24.7. The molecule has 1 nitrogen and oxygen atoms in total. The predicted molar refractivity (Wildman–Crippen MR) is 147 cm³/mol. The molecule has 0 bridgehead atoms. The summed E-state index contributed by atoms with van der Waals surface area (Å²) >= 11 is 0. The van der Waals surface area contributed by atoms with Gasteiger partial charge < -0.3 is 5.32 Å². The third kappa shape index (κ3) is 6.81. The highest BCUT2D eigenvalue weighted by Gasteiger charge is 2.33. The number of hydrogen-bond acceptors (Lipinski definition) is 1. The van der Waals surface area contributed by atoms with E-state index in [0.717, 1.165) is 24.2 Å². The Kier molecular flexibility index (Phi) is 10.9. The molecule has 1 aliphatic heterocycles. The molecule has 0 radical (unpaired) electrons. The van der Waals surface area contributed by atoms with Crippen molar-refractivity contribution < 1.29 is 0 Å². The Morgan fingerprint density at radius 3 is 1.91 bits per heavy atom. The van der Waals surface area contributed by atoms with E-state index in [1.165, 1.54) is 30.5 Å². The summed E-state index contributed by atoms with van der Waals surface area (Å²) in [4.78, 5) is 0. The van der Waals surface area contributed by atoms with Gasteiger partial charge in [-0.2, -0.15) is 0 Å². The molecule has 1 heterocycles. The summed E-state index contributed by atoms with van der Waals surface area (Å²) in [6.45, 7) is 23.8. The predicted octanol–water partition coefficient (Wildman–Crippen LogP) is 8.65. The normalized spacial score (nSPS) is 26.8. The number of hydrogen-bond donors (Lipinski definition) is 1. The van der Waals surface area contributed by atoms with Crippen LogP contribution < -0.4 is 5.32 Å². The van der Waals surface area contributed by atoms with Crippen molar-refractivity contribution in [3.63, 3.8) is 0 Å². The molecule has 10 atom stereocenters. The molecular formula is C32H53N. The van der Waals surface area contributed by atoms with E-state index in [4.69, 9.17) is 0 Å². The van der Waals surface area contributed by atoms with Gasteiger partial charge in [-0.25, -0.2) is 0 Å². The van der Waals surface area contributed by atoms with Crippen molar-refractivity contribution in [2.24, 2.45) is 53.3 Å². The van der Waals surface area contributed by atoms with Gasteiger partial charge in [0.1, 0.15) is 0 Å². The maximum atomic E-state index is 3.90. The van der Waals surface area contributed by atoms with Crippen LogP contribution in [0.5, 0.6) is 0 Å². The lowest BCUT2D eigenvalue weighted by atomic mass is 9.74. The van der Waals surface area contributed by atoms with Crippen molar-refractivity contribution in [1.82, 2.24) is 5.32 Å². The fourth-order valence-electron chi connectivity index (χ4n) is 5.92. The van der Waals surface area contributed by atoms with Crippen molar-refractivity contribution in [2.45, 2.75) is 101 Å². The van der Waals surface area contributed by atoms with E-state index in [-0.39, 0.29) is 0 Å². The van der Waals surface area contributed by atoms with E-state index in [1.807, 2.05) is 0 Å². The van der Waals surface area contributed by atoms with E-state index in [1.54, 1.807) is 0 Å².